The van der Waals surface area contributed by atoms with Crippen LogP contribution in [0.2, 0.25) is 0 Å². The molecular weight excluding hydrogens is 265 g/mol. The van der Waals surface area contributed by atoms with Crippen molar-refractivity contribution in [3.05, 3.63) is 71.2 Å². The van der Waals surface area contributed by atoms with Crippen LogP contribution in [0.15, 0.2) is 48.5 Å². The molecule has 1 aromatic heterocycles. The minimum atomic E-state index is -0.303. The van der Waals surface area contributed by atoms with Gasteiger partial charge in [0.1, 0.15) is 5.82 Å². The number of aromatic nitrogens is 1. The van der Waals surface area contributed by atoms with E-state index in [9.17, 15) is 9.18 Å². The summed E-state index contributed by atoms with van der Waals surface area (Å²) in [6, 6.07) is 14.7. The largest absolute Gasteiger partial charge is 0.358 e. The van der Waals surface area contributed by atoms with Crippen LogP contribution in [0.4, 0.5) is 4.39 Å². The zero-order valence-corrected chi connectivity index (χ0v) is 11.4. The molecule has 1 atom stereocenters. The molecule has 2 nitrogen and oxygen atoms in total. The number of benzene rings is 2. The summed E-state index contributed by atoms with van der Waals surface area (Å²) >= 11 is 0. The summed E-state index contributed by atoms with van der Waals surface area (Å²) in [7, 11) is 0. The van der Waals surface area contributed by atoms with Crippen LogP contribution in [0.3, 0.4) is 0 Å². The number of rotatable bonds is 1. The molecule has 1 aliphatic carbocycles. The van der Waals surface area contributed by atoms with Crippen molar-refractivity contribution < 1.29 is 9.18 Å². The van der Waals surface area contributed by atoms with Crippen molar-refractivity contribution in [2.24, 2.45) is 0 Å². The number of nitrogens with one attached hydrogen (secondary N) is 1. The van der Waals surface area contributed by atoms with Crippen molar-refractivity contribution in [1.82, 2.24) is 4.98 Å². The second-order valence-electron chi connectivity index (χ2n) is 5.61. The van der Waals surface area contributed by atoms with Crippen LogP contribution in [-0.2, 0) is 6.42 Å². The van der Waals surface area contributed by atoms with Crippen molar-refractivity contribution in [1.29, 1.82) is 0 Å². The predicted molar refractivity (Wildman–Crippen MR) is 80.1 cm³/mol. The van der Waals surface area contributed by atoms with E-state index in [4.69, 9.17) is 0 Å². The van der Waals surface area contributed by atoms with E-state index in [1.807, 2.05) is 18.2 Å². The fourth-order valence-electron chi connectivity index (χ4n) is 3.30. The zero-order chi connectivity index (χ0) is 14.4. The molecule has 21 heavy (non-hydrogen) atoms. The molecule has 1 unspecified atom stereocenters. The molecule has 104 valence electrons. The van der Waals surface area contributed by atoms with E-state index in [2.05, 4.69) is 17.1 Å². The highest BCUT2D eigenvalue weighted by molar-refractivity contribution is 6.10. The van der Waals surface area contributed by atoms with Crippen LogP contribution in [0, 0.1) is 5.82 Å². The first kappa shape index (κ1) is 12.3. The molecule has 0 radical (unpaired) electrons. The number of fused-ring (bicyclic) bond motifs is 3. The quantitative estimate of drug-likeness (QED) is 0.710. The molecule has 0 saturated carbocycles. The molecule has 0 bridgehead atoms. The minimum absolute atomic E-state index is 0.0990. The van der Waals surface area contributed by atoms with E-state index in [0.29, 0.717) is 17.4 Å². The Bertz CT molecular complexity index is 835. The van der Waals surface area contributed by atoms with E-state index in [-0.39, 0.29) is 17.5 Å². The summed E-state index contributed by atoms with van der Waals surface area (Å²) in [4.78, 5) is 15.8. The van der Waals surface area contributed by atoms with E-state index in [1.165, 1.54) is 17.7 Å². The van der Waals surface area contributed by atoms with Crippen molar-refractivity contribution >= 4 is 16.7 Å². The summed E-state index contributed by atoms with van der Waals surface area (Å²) in [5.41, 5.74) is 3.63. The average molecular weight is 279 g/mol. The van der Waals surface area contributed by atoms with Gasteiger partial charge < -0.3 is 4.98 Å². The van der Waals surface area contributed by atoms with Gasteiger partial charge in [-0.1, -0.05) is 30.3 Å². The maximum atomic E-state index is 13.4. The molecule has 0 spiro atoms. The average Bonchev–Trinajstić information content (AvgIpc) is 2.86. The van der Waals surface area contributed by atoms with Crippen molar-refractivity contribution in [2.75, 3.05) is 0 Å². The molecule has 0 saturated heterocycles. The van der Waals surface area contributed by atoms with Crippen LogP contribution in [0.5, 0.6) is 0 Å². The number of aromatic amines is 1. The third-order valence-electron chi connectivity index (χ3n) is 4.27. The monoisotopic (exact) mass is 279 g/mol. The molecule has 1 heterocycles. The third-order valence-corrected chi connectivity index (χ3v) is 4.27. The smallest absolute Gasteiger partial charge is 0.165 e. The fraction of sp³-hybridized carbons (Fsp3) is 0.167. The first-order valence-electron chi connectivity index (χ1n) is 7.10. The summed E-state index contributed by atoms with van der Waals surface area (Å²) in [6.07, 6.45) is 1.28. The highest BCUT2D eigenvalue weighted by Gasteiger charge is 2.29. The first-order chi connectivity index (χ1) is 10.2. The van der Waals surface area contributed by atoms with Crippen LogP contribution in [0.1, 0.15) is 34.0 Å². The van der Waals surface area contributed by atoms with Gasteiger partial charge in [0.25, 0.3) is 0 Å². The highest BCUT2D eigenvalue weighted by Crippen LogP contribution is 2.36. The number of Topliss-reactive ketones (excluding diaryl/α,β-unsaturated/α-hetero) is 1. The molecule has 4 rings (SSSR count). The minimum Gasteiger partial charge on any atom is -0.358 e. The summed E-state index contributed by atoms with van der Waals surface area (Å²) < 4.78 is 13.4. The number of carbonyl (C=O) groups is 1. The Labute approximate surface area is 121 Å². The topological polar surface area (TPSA) is 32.9 Å². The highest BCUT2D eigenvalue weighted by atomic mass is 19.1. The van der Waals surface area contributed by atoms with Gasteiger partial charge in [0.2, 0.25) is 0 Å². The Morgan fingerprint density at radius 3 is 2.67 bits per heavy atom. The van der Waals surface area contributed by atoms with E-state index >= 15 is 0 Å². The standard InChI is InChI=1S/C18H14FNO/c19-13-6-7-15-14(10-13)18-16(20-15)8-12(9-17(18)21)11-4-2-1-3-5-11/h1-7,10,12,20H,8-9H2. The number of H-pyrrole nitrogens is 1. The Balaban J connectivity index is 1.82. The predicted octanol–water partition coefficient (Wildman–Crippen LogP) is 4.22. The Morgan fingerprint density at radius 1 is 1.05 bits per heavy atom. The fourth-order valence-corrected chi connectivity index (χ4v) is 3.30. The third kappa shape index (κ3) is 1.97. The SMILES string of the molecule is O=C1CC(c2ccccc2)Cc2[nH]c3ccc(F)cc3c21. The second kappa shape index (κ2) is 4.55. The number of hydrogen-bond donors (Lipinski definition) is 1. The molecule has 1 aliphatic rings. The molecule has 2 aromatic carbocycles. The Kier molecular flexibility index (Phi) is 2.67. The first-order valence-corrected chi connectivity index (χ1v) is 7.10. The van der Waals surface area contributed by atoms with Gasteiger partial charge in [-0.15, -0.1) is 0 Å². The van der Waals surface area contributed by atoms with Gasteiger partial charge in [0, 0.05) is 28.6 Å². The number of hydrogen-bond acceptors (Lipinski definition) is 1. The van der Waals surface area contributed by atoms with Gasteiger partial charge >= 0.3 is 0 Å². The van der Waals surface area contributed by atoms with Gasteiger partial charge in [-0.05, 0) is 36.1 Å². The second-order valence-corrected chi connectivity index (χ2v) is 5.61. The van der Waals surface area contributed by atoms with Gasteiger partial charge in [-0.2, -0.15) is 0 Å². The molecule has 3 heteroatoms. The summed E-state index contributed by atoms with van der Waals surface area (Å²) in [5, 5.41) is 0.710. The molecule has 0 amide bonds. The number of carbonyl (C=O) groups excluding carboxylic acids is 1. The molecule has 0 aliphatic heterocycles. The molecular formula is C18H14FNO. The van der Waals surface area contributed by atoms with Crippen molar-refractivity contribution in [2.45, 2.75) is 18.8 Å². The lowest BCUT2D eigenvalue weighted by Crippen LogP contribution is -2.18. The van der Waals surface area contributed by atoms with Crippen LogP contribution in [0.25, 0.3) is 10.9 Å². The maximum absolute atomic E-state index is 13.4. The summed E-state index contributed by atoms with van der Waals surface area (Å²) in [5.74, 6) is -0.00616. The van der Waals surface area contributed by atoms with Gasteiger partial charge in [0.05, 0.1) is 0 Å². The van der Waals surface area contributed by atoms with Crippen molar-refractivity contribution in [3.63, 3.8) is 0 Å². The van der Waals surface area contributed by atoms with Gasteiger partial charge in [-0.25, -0.2) is 4.39 Å². The molecule has 0 fully saturated rings. The van der Waals surface area contributed by atoms with Crippen LogP contribution < -0.4 is 0 Å². The van der Waals surface area contributed by atoms with Crippen LogP contribution >= 0.6 is 0 Å². The number of halogens is 1. The van der Waals surface area contributed by atoms with Gasteiger partial charge in [0.15, 0.2) is 5.78 Å². The van der Waals surface area contributed by atoms with E-state index < -0.39 is 0 Å². The zero-order valence-electron chi connectivity index (χ0n) is 11.4. The normalized spacial score (nSPS) is 18.0. The number of ketones is 1. The van der Waals surface area contributed by atoms with Gasteiger partial charge in [-0.3, -0.25) is 4.79 Å². The lowest BCUT2D eigenvalue weighted by Gasteiger charge is -2.21. The van der Waals surface area contributed by atoms with E-state index in [0.717, 1.165) is 17.6 Å². The van der Waals surface area contributed by atoms with E-state index in [1.54, 1.807) is 6.07 Å². The van der Waals surface area contributed by atoms with Crippen LogP contribution in [-0.4, -0.2) is 10.8 Å². The Morgan fingerprint density at radius 2 is 1.86 bits per heavy atom. The molecule has 3 aromatic rings. The van der Waals surface area contributed by atoms with Crippen molar-refractivity contribution in [3.8, 4) is 0 Å². The molecule has 1 N–H and O–H groups in total. The lowest BCUT2D eigenvalue weighted by molar-refractivity contribution is 0.0965. The maximum Gasteiger partial charge on any atom is 0.165 e. The summed E-state index contributed by atoms with van der Waals surface area (Å²) in [6.45, 7) is 0. The lowest BCUT2D eigenvalue weighted by atomic mass is 9.82. The Hall–Kier alpha value is -2.42.